The lowest BCUT2D eigenvalue weighted by Crippen LogP contribution is -2.39. The normalized spacial score (nSPS) is 26.0. The fourth-order valence-corrected chi connectivity index (χ4v) is 8.61. The molecule has 1 saturated heterocycles. The Morgan fingerprint density at radius 2 is 1.81 bits per heavy atom. The predicted molar refractivity (Wildman–Crippen MR) is 174 cm³/mol. The number of rotatable bonds is 7. The van der Waals surface area contributed by atoms with Gasteiger partial charge in [0.15, 0.2) is 6.10 Å². The van der Waals surface area contributed by atoms with Crippen LogP contribution < -0.4 is 4.90 Å². The largest absolute Gasteiger partial charge is 0.479 e. The number of piperidine rings is 1. The number of hydrogen-bond acceptors (Lipinski definition) is 5. The van der Waals surface area contributed by atoms with E-state index in [9.17, 15) is 9.90 Å². The first-order valence-electron chi connectivity index (χ1n) is 16.8. The zero-order valence-corrected chi connectivity index (χ0v) is 27.6. The second-order valence-electron chi connectivity index (χ2n) is 15.9. The Labute approximate surface area is 259 Å². The Morgan fingerprint density at radius 1 is 1.07 bits per heavy atom. The van der Waals surface area contributed by atoms with Crippen LogP contribution in [0.25, 0.3) is 11.1 Å². The van der Waals surface area contributed by atoms with Crippen LogP contribution in [-0.4, -0.2) is 52.7 Å². The molecule has 0 amide bonds. The summed E-state index contributed by atoms with van der Waals surface area (Å²) in [5, 5.41) is 10.5. The summed E-state index contributed by atoms with van der Waals surface area (Å²) < 4.78 is 6.27. The van der Waals surface area contributed by atoms with Gasteiger partial charge in [-0.3, -0.25) is 9.88 Å². The third kappa shape index (κ3) is 6.38. The summed E-state index contributed by atoms with van der Waals surface area (Å²) in [5.41, 5.74) is 8.15. The van der Waals surface area contributed by atoms with Crippen molar-refractivity contribution in [1.29, 1.82) is 0 Å². The van der Waals surface area contributed by atoms with Crippen molar-refractivity contribution >= 4 is 11.7 Å². The van der Waals surface area contributed by atoms with Gasteiger partial charge in [-0.1, -0.05) is 38.5 Å². The maximum atomic E-state index is 12.8. The first-order chi connectivity index (χ1) is 20.3. The van der Waals surface area contributed by atoms with Crippen molar-refractivity contribution in [2.24, 2.45) is 23.2 Å². The number of aliphatic carboxylic acids is 1. The average molecular weight is 588 g/mol. The number of aryl methyl sites for hydroxylation is 2. The van der Waals surface area contributed by atoms with E-state index in [1.807, 2.05) is 27.7 Å². The summed E-state index contributed by atoms with van der Waals surface area (Å²) in [6, 6.07) is 6.98. The average Bonchev–Trinajstić information content (AvgIpc) is 3.54. The first kappa shape index (κ1) is 30.6. The van der Waals surface area contributed by atoms with Crippen molar-refractivity contribution in [2.75, 3.05) is 31.1 Å². The molecule has 3 heterocycles. The van der Waals surface area contributed by atoms with E-state index in [0.29, 0.717) is 5.56 Å². The van der Waals surface area contributed by atoms with Crippen molar-refractivity contribution in [3.05, 3.63) is 46.3 Å². The number of carboxylic acid groups (broad SMARTS) is 1. The first-order valence-corrected chi connectivity index (χ1v) is 16.8. The van der Waals surface area contributed by atoms with Crippen LogP contribution in [0, 0.1) is 37.0 Å². The summed E-state index contributed by atoms with van der Waals surface area (Å²) in [7, 11) is 0. The highest BCUT2D eigenvalue weighted by atomic mass is 16.5. The molecule has 6 nitrogen and oxygen atoms in total. The molecule has 6 heteroatoms. The smallest absolute Gasteiger partial charge is 0.337 e. The van der Waals surface area contributed by atoms with E-state index in [2.05, 4.69) is 48.8 Å². The SMILES string of the molecule is Cc1nc(C)c([C@H](OC(C)(C)C)C(=O)O)c(N2CCC(C)(C)CC2)c1-c1ccc2c(c1)CCN(CC1C[C@@H]3CCC1C3)C2. The van der Waals surface area contributed by atoms with Gasteiger partial charge in [0.2, 0.25) is 0 Å². The van der Waals surface area contributed by atoms with Gasteiger partial charge in [-0.05, 0) is 113 Å². The molecule has 1 aromatic carbocycles. The molecule has 3 fully saturated rings. The van der Waals surface area contributed by atoms with E-state index >= 15 is 0 Å². The van der Waals surface area contributed by atoms with Crippen LogP contribution in [0.2, 0.25) is 0 Å². The topological polar surface area (TPSA) is 65.9 Å². The molecular weight excluding hydrogens is 534 g/mol. The van der Waals surface area contributed by atoms with E-state index < -0.39 is 17.7 Å². The van der Waals surface area contributed by atoms with Crippen molar-refractivity contribution in [3.63, 3.8) is 0 Å². The van der Waals surface area contributed by atoms with Gasteiger partial charge in [-0.15, -0.1) is 0 Å². The molecule has 234 valence electrons. The fraction of sp³-hybridized carbons (Fsp3) is 0.676. The lowest BCUT2D eigenvalue weighted by atomic mass is 9.81. The van der Waals surface area contributed by atoms with Gasteiger partial charge in [-0.2, -0.15) is 0 Å². The van der Waals surface area contributed by atoms with Crippen LogP contribution in [-0.2, 0) is 22.5 Å². The van der Waals surface area contributed by atoms with E-state index in [0.717, 1.165) is 91.4 Å². The molecule has 2 unspecified atom stereocenters. The van der Waals surface area contributed by atoms with Crippen molar-refractivity contribution in [3.8, 4) is 11.1 Å². The molecule has 2 aliphatic carbocycles. The maximum absolute atomic E-state index is 12.8. The van der Waals surface area contributed by atoms with E-state index in [1.165, 1.54) is 43.4 Å². The summed E-state index contributed by atoms with van der Waals surface area (Å²) in [6.45, 7) is 19.7. The molecule has 6 rings (SSSR count). The Kier molecular flexibility index (Phi) is 8.17. The third-order valence-corrected chi connectivity index (χ3v) is 10.9. The van der Waals surface area contributed by atoms with Gasteiger partial charge in [0, 0.05) is 55.2 Å². The zero-order chi connectivity index (χ0) is 30.7. The lowest BCUT2D eigenvalue weighted by Gasteiger charge is -2.41. The Bertz CT molecular complexity index is 1370. The minimum atomic E-state index is -1.09. The van der Waals surface area contributed by atoms with Crippen LogP contribution >= 0.6 is 0 Å². The lowest BCUT2D eigenvalue weighted by molar-refractivity contribution is -0.160. The molecule has 0 radical (unpaired) electrons. The maximum Gasteiger partial charge on any atom is 0.337 e. The van der Waals surface area contributed by atoms with Gasteiger partial charge in [0.25, 0.3) is 0 Å². The number of ether oxygens (including phenoxy) is 1. The van der Waals surface area contributed by atoms with Crippen LogP contribution in [0.4, 0.5) is 5.69 Å². The molecule has 43 heavy (non-hydrogen) atoms. The summed E-state index contributed by atoms with van der Waals surface area (Å²) >= 11 is 0. The van der Waals surface area contributed by atoms with E-state index in [1.54, 1.807) is 0 Å². The van der Waals surface area contributed by atoms with Crippen LogP contribution in [0.15, 0.2) is 18.2 Å². The second kappa shape index (κ2) is 11.5. The number of pyridine rings is 1. The predicted octanol–water partition coefficient (Wildman–Crippen LogP) is 7.73. The highest BCUT2D eigenvalue weighted by molar-refractivity contribution is 5.88. The van der Waals surface area contributed by atoms with Crippen molar-refractivity contribution in [1.82, 2.24) is 9.88 Å². The van der Waals surface area contributed by atoms with Crippen LogP contribution in [0.3, 0.4) is 0 Å². The molecule has 2 bridgehead atoms. The number of carboxylic acids is 1. The summed E-state index contributed by atoms with van der Waals surface area (Å²) in [4.78, 5) is 22.9. The number of anilines is 1. The van der Waals surface area contributed by atoms with Crippen molar-refractivity contribution < 1.29 is 14.6 Å². The van der Waals surface area contributed by atoms with Gasteiger partial charge in [0.05, 0.1) is 11.3 Å². The molecule has 0 spiro atoms. The number of fused-ring (bicyclic) bond motifs is 3. The molecule has 1 N–H and O–H groups in total. The molecular formula is C37H53N3O3. The molecule has 2 aliphatic heterocycles. The van der Waals surface area contributed by atoms with Crippen LogP contribution in [0.1, 0.15) is 107 Å². The standard InChI is InChI=1S/C37H53N3O3/c1-23-31(28-10-11-29-21-39(15-12-27(29)20-28)22-30-19-25-8-9-26(30)18-25)33(40-16-13-37(6,7)14-17-40)32(24(2)38-23)34(35(41)42)43-36(3,4)5/h10-11,20,25-26,30,34H,8-9,12-19,21-22H2,1-7H3,(H,41,42)/t25-,26?,30?,34+/m1/s1. The van der Waals surface area contributed by atoms with Crippen molar-refractivity contribution in [2.45, 2.75) is 112 Å². The Morgan fingerprint density at radius 3 is 2.44 bits per heavy atom. The minimum Gasteiger partial charge on any atom is -0.479 e. The minimum absolute atomic E-state index is 0.276. The highest BCUT2D eigenvalue weighted by Gasteiger charge is 2.40. The highest BCUT2D eigenvalue weighted by Crippen LogP contribution is 2.49. The Balaban J connectivity index is 1.37. The Hall–Kier alpha value is -2.44. The van der Waals surface area contributed by atoms with Gasteiger partial charge in [-0.25, -0.2) is 4.79 Å². The number of nitrogens with zero attached hydrogens (tertiary/aromatic N) is 3. The number of carbonyl (C=O) groups is 1. The molecule has 4 aliphatic rings. The van der Waals surface area contributed by atoms with Crippen LogP contribution in [0.5, 0.6) is 0 Å². The third-order valence-electron chi connectivity index (χ3n) is 10.9. The summed E-state index contributed by atoms with van der Waals surface area (Å²) in [6.07, 6.45) is 7.94. The molecule has 2 saturated carbocycles. The monoisotopic (exact) mass is 587 g/mol. The number of hydrogen-bond donors (Lipinski definition) is 1. The van der Waals surface area contributed by atoms with Gasteiger partial charge >= 0.3 is 5.97 Å². The van der Waals surface area contributed by atoms with E-state index in [4.69, 9.17) is 9.72 Å². The molecule has 4 atom stereocenters. The molecule has 1 aromatic heterocycles. The van der Waals surface area contributed by atoms with E-state index in [-0.39, 0.29) is 5.41 Å². The van der Waals surface area contributed by atoms with Gasteiger partial charge in [0.1, 0.15) is 0 Å². The molecule has 2 aromatic rings. The summed E-state index contributed by atoms with van der Waals surface area (Å²) in [5.74, 6) is 1.90. The quantitative estimate of drug-likeness (QED) is 0.358. The number of aromatic nitrogens is 1. The van der Waals surface area contributed by atoms with Gasteiger partial charge < -0.3 is 14.7 Å². The zero-order valence-electron chi connectivity index (χ0n) is 27.6. The second-order valence-corrected chi connectivity index (χ2v) is 15.9. The number of benzene rings is 1. The fourth-order valence-electron chi connectivity index (χ4n) is 8.61.